The van der Waals surface area contributed by atoms with Gasteiger partial charge in [-0.1, -0.05) is 23.2 Å². The topological polar surface area (TPSA) is 161 Å². The number of nitrogens with two attached hydrogens (primary N) is 1. The molecule has 41 heavy (non-hydrogen) atoms. The van der Waals surface area contributed by atoms with E-state index >= 15 is 0 Å². The molecule has 14 heteroatoms. The maximum absolute atomic E-state index is 14.2. The molecule has 4 rings (SSSR count). The van der Waals surface area contributed by atoms with Crippen LogP contribution in [0, 0.1) is 37.0 Å². The molecule has 3 aromatic rings. The zero-order valence-corrected chi connectivity index (χ0v) is 22.0. The van der Waals surface area contributed by atoms with Crippen LogP contribution in [0.15, 0.2) is 47.6 Å². The van der Waals surface area contributed by atoms with E-state index in [9.17, 15) is 28.8 Å². The summed E-state index contributed by atoms with van der Waals surface area (Å²) in [7, 11) is 0. The summed E-state index contributed by atoms with van der Waals surface area (Å²) >= 11 is 0. The SMILES string of the molecule is Cc1cccc(N(CC#Cc2ccc(N)nn2)C(=O)[C@@H]2[C@H](N=[N+]=[N-])CCN2c2nc(C)cc(C(F)(F)F)c2C#N)c1. The van der Waals surface area contributed by atoms with Gasteiger partial charge in [0, 0.05) is 22.8 Å². The Balaban J connectivity index is 1.81. The predicted molar refractivity (Wildman–Crippen MR) is 144 cm³/mol. The van der Waals surface area contributed by atoms with Crippen LogP contribution in [0.5, 0.6) is 0 Å². The number of benzene rings is 1. The monoisotopic (exact) mass is 560 g/mol. The van der Waals surface area contributed by atoms with E-state index in [4.69, 9.17) is 5.73 Å². The third-order valence-electron chi connectivity index (χ3n) is 6.35. The molecule has 0 unspecified atom stereocenters. The van der Waals surface area contributed by atoms with Crippen LogP contribution in [-0.2, 0) is 11.0 Å². The van der Waals surface area contributed by atoms with Gasteiger partial charge in [-0.05, 0) is 67.6 Å². The van der Waals surface area contributed by atoms with E-state index < -0.39 is 35.3 Å². The number of amides is 1. The lowest BCUT2D eigenvalue weighted by atomic mass is 10.0. The van der Waals surface area contributed by atoms with Crippen LogP contribution in [0.3, 0.4) is 0 Å². The first-order chi connectivity index (χ1) is 19.5. The molecule has 1 aliphatic heterocycles. The number of pyridine rings is 1. The van der Waals surface area contributed by atoms with Crippen molar-refractivity contribution in [2.75, 3.05) is 28.6 Å². The summed E-state index contributed by atoms with van der Waals surface area (Å²) in [5.74, 6) is 5.01. The molecule has 0 radical (unpaired) electrons. The Morgan fingerprint density at radius 3 is 2.68 bits per heavy atom. The van der Waals surface area contributed by atoms with Crippen LogP contribution in [0.4, 0.5) is 30.5 Å². The minimum atomic E-state index is -4.83. The molecule has 1 amide bonds. The molecule has 1 aliphatic rings. The first-order valence-corrected chi connectivity index (χ1v) is 12.3. The average molecular weight is 561 g/mol. The van der Waals surface area contributed by atoms with Gasteiger partial charge in [-0.2, -0.15) is 18.4 Å². The smallest absolute Gasteiger partial charge is 0.382 e. The van der Waals surface area contributed by atoms with Crippen LogP contribution in [-0.4, -0.2) is 46.3 Å². The van der Waals surface area contributed by atoms with Crippen molar-refractivity contribution < 1.29 is 18.0 Å². The van der Waals surface area contributed by atoms with Crippen molar-refractivity contribution in [3.05, 3.63) is 81.0 Å². The number of nitrogen functional groups attached to an aromatic ring is 1. The van der Waals surface area contributed by atoms with Crippen LogP contribution < -0.4 is 15.5 Å². The number of aryl methyl sites for hydroxylation is 2. The standard InChI is InChI=1S/C27H23F3N10O/c1-16-5-3-7-19(13-16)39(11-4-6-18-8-9-23(32)37-35-18)26(41)24-22(36-38-33)10-12-40(24)25-20(15-31)21(27(28,29)30)14-17(2)34-25/h3,5,7-9,13-14,22,24H,10-12H2,1-2H3,(H2,32,37)/t22-,24+/m1/s1. The molecule has 0 saturated carbocycles. The number of aromatic nitrogens is 3. The van der Waals surface area contributed by atoms with Crippen molar-refractivity contribution in [1.29, 1.82) is 5.26 Å². The number of halogens is 3. The lowest BCUT2D eigenvalue weighted by Crippen LogP contribution is -2.50. The fourth-order valence-electron chi connectivity index (χ4n) is 4.57. The van der Waals surface area contributed by atoms with Gasteiger partial charge in [0.15, 0.2) is 0 Å². The third-order valence-corrected chi connectivity index (χ3v) is 6.35. The van der Waals surface area contributed by atoms with Gasteiger partial charge >= 0.3 is 6.18 Å². The molecular weight excluding hydrogens is 537 g/mol. The van der Waals surface area contributed by atoms with Crippen LogP contribution in [0.2, 0.25) is 0 Å². The van der Waals surface area contributed by atoms with Gasteiger partial charge in [-0.25, -0.2) is 4.98 Å². The molecule has 2 atom stereocenters. The molecule has 2 N–H and O–H groups in total. The molecule has 11 nitrogen and oxygen atoms in total. The summed E-state index contributed by atoms with van der Waals surface area (Å²) in [6.07, 6.45) is -4.68. The molecule has 1 saturated heterocycles. The van der Waals surface area contributed by atoms with E-state index in [1.165, 1.54) is 22.8 Å². The van der Waals surface area contributed by atoms with E-state index in [2.05, 4.69) is 37.0 Å². The fourth-order valence-corrected chi connectivity index (χ4v) is 4.57. The Hall–Kier alpha value is -5.33. The first kappa shape index (κ1) is 28.7. The van der Waals surface area contributed by atoms with Gasteiger partial charge in [0.2, 0.25) is 0 Å². The van der Waals surface area contributed by atoms with Crippen molar-refractivity contribution in [1.82, 2.24) is 15.2 Å². The van der Waals surface area contributed by atoms with E-state index in [0.717, 1.165) is 11.6 Å². The minimum Gasteiger partial charge on any atom is -0.382 e. The highest BCUT2D eigenvalue weighted by Crippen LogP contribution is 2.38. The molecule has 0 bridgehead atoms. The van der Waals surface area contributed by atoms with E-state index in [0.29, 0.717) is 11.4 Å². The summed E-state index contributed by atoms with van der Waals surface area (Å²) in [4.78, 5) is 24.0. The number of alkyl halides is 3. The molecule has 3 heterocycles. The molecule has 208 valence electrons. The number of nitrogens with zero attached hydrogens (tertiary/aromatic N) is 9. The zero-order chi connectivity index (χ0) is 29.7. The first-order valence-electron chi connectivity index (χ1n) is 12.3. The fraction of sp³-hybridized carbons (Fsp3) is 0.296. The predicted octanol–water partition coefficient (Wildman–Crippen LogP) is 4.30. The average Bonchev–Trinajstić information content (AvgIpc) is 3.34. The summed E-state index contributed by atoms with van der Waals surface area (Å²) in [5, 5.41) is 21.1. The van der Waals surface area contributed by atoms with Crippen molar-refractivity contribution in [3.8, 4) is 17.9 Å². The maximum atomic E-state index is 14.2. The summed E-state index contributed by atoms with van der Waals surface area (Å²) in [6.45, 7) is 3.09. The second kappa shape index (κ2) is 11.8. The van der Waals surface area contributed by atoms with Gasteiger partial charge in [0.1, 0.15) is 35.0 Å². The van der Waals surface area contributed by atoms with Crippen LogP contribution >= 0.6 is 0 Å². The summed E-state index contributed by atoms with van der Waals surface area (Å²) in [5.41, 5.74) is 14.5. The summed E-state index contributed by atoms with van der Waals surface area (Å²) < 4.78 is 41.6. The second-order valence-electron chi connectivity index (χ2n) is 9.23. The van der Waals surface area contributed by atoms with Crippen molar-refractivity contribution in [3.63, 3.8) is 0 Å². The highest BCUT2D eigenvalue weighted by atomic mass is 19.4. The van der Waals surface area contributed by atoms with Crippen molar-refractivity contribution in [2.45, 2.75) is 38.5 Å². The van der Waals surface area contributed by atoms with Crippen LogP contribution in [0.1, 0.15) is 34.5 Å². The van der Waals surface area contributed by atoms with E-state index in [1.807, 2.05) is 13.0 Å². The number of rotatable bonds is 5. The maximum Gasteiger partial charge on any atom is 0.417 e. The largest absolute Gasteiger partial charge is 0.417 e. The molecule has 1 fully saturated rings. The van der Waals surface area contributed by atoms with Crippen LogP contribution in [0.25, 0.3) is 10.4 Å². The minimum absolute atomic E-state index is 0.00997. The quantitative estimate of drug-likeness (QED) is 0.211. The number of anilines is 3. The molecule has 0 spiro atoms. The van der Waals surface area contributed by atoms with E-state index in [-0.39, 0.29) is 36.8 Å². The number of carbonyl (C=O) groups excluding carboxylic acids is 1. The lowest BCUT2D eigenvalue weighted by molar-refractivity contribution is -0.137. The number of carbonyl (C=O) groups is 1. The number of hydrogen-bond donors (Lipinski definition) is 1. The Kier molecular flexibility index (Phi) is 8.26. The second-order valence-corrected chi connectivity index (χ2v) is 9.23. The Bertz CT molecular complexity index is 1620. The highest BCUT2D eigenvalue weighted by molar-refractivity contribution is 6.00. The number of nitriles is 1. The van der Waals surface area contributed by atoms with Gasteiger partial charge in [0.25, 0.3) is 5.91 Å². The third kappa shape index (κ3) is 6.30. The van der Waals surface area contributed by atoms with Gasteiger partial charge < -0.3 is 10.6 Å². The highest BCUT2D eigenvalue weighted by Gasteiger charge is 2.44. The normalized spacial score (nSPS) is 16.2. The van der Waals surface area contributed by atoms with Gasteiger partial charge in [-0.3, -0.25) is 9.69 Å². The molecule has 0 aliphatic carbocycles. The number of hydrogen-bond acceptors (Lipinski definition) is 8. The Morgan fingerprint density at radius 1 is 1.27 bits per heavy atom. The van der Waals surface area contributed by atoms with E-state index in [1.54, 1.807) is 30.3 Å². The molecular formula is C27H23F3N10O. The van der Waals surface area contributed by atoms with Crippen molar-refractivity contribution in [2.24, 2.45) is 5.11 Å². The Morgan fingerprint density at radius 2 is 2.05 bits per heavy atom. The van der Waals surface area contributed by atoms with Crippen molar-refractivity contribution >= 4 is 23.2 Å². The number of azide groups is 1. The Labute approximate surface area is 233 Å². The van der Waals surface area contributed by atoms with Gasteiger partial charge in [0.05, 0.1) is 18.2 Å². The molecule has 1 aromatic carbocycles. The van der Waals surface area contributed by atoms with Gasteiger partial charge in [-0.15, -0.1) is 10.2 Å². The summed E-state index contributed by atoms with van der Waals surface area (Å²) in [6, 6.07) is 10.3. The lowest BCUT2D eigenvalue weighted by Gasteiger charge is -2.32. The molecule has 2 aromatic heterocycles. The zero-order valence-electron chi connectivity index (χ0n) is 22.0.